The standard InChI is InChI=1S/C15H25N3O/c1-10(2)14-7-16-13(12-4-5-12)8-18(14)9-15-17-6-11(3)19-15/h6,10,12-14,16H,4-5,7-9H2,1-3H3. The second kappa shape index (κ2) is 5.25. The smallest absolute Gasteiger partial charge is 0.208 e. The van der Waals surface area contributed by atoms with Crippen molar-refractivity contribution in [1.82, 2.24) is 15.2 Å². The zero-order chi connectivity index (χ0) is 13.4. The van der Waals surface area contributed by atoms with Gasteiger partial charge in [0.1, 0.15) is 5.76 Å². The van der Waals surface area contributed by atoms with Crippen LogP contribution < -0.4 is 5.32 Å². The number of hydrogen-bond acceptors (Lipinski definition) is 4. The van der Waals surface area contributed by atoms with Crippen molar-refractivity contribution in [1.29, 1.82) is 0 Å². The monoisotopic (exact) mass is 263 g/mol. The van der Waals surface area contributed by atoms with E-state index in [2.05, 4.69) is 29.0 Å². The maximum atomic E-state index is 5.65. The SMILES string of the molecule is Cc1cnc(CN2CC(C3CC3)NCC2C(C)C)o1. The molecule has 19 heavy (non-hydrogen) atoms. The molecular weight excluding hydrogens is 238 g/mol. The number of rotatable bonds is 4. The van der Waals surface area contributed by atoms with Gasteiger partial charge in [-0.1, -0.05) is 13.8 Å². The molecule has 0 amide bonds. The van der Waals surface area contributed by atoms with Gasteiger partial charge in [0.15, 0.2) is 0 Å². The lowest BCUT2D eigenvalue weighted by atomic mass is 9.97. The third-order valence-corrected chi connectivity index (χ3v) is 4.46. The summed E-state index contributed by atoms with van der Waals surface area (Å²) in [6.45, 7) is 9.64. The number of aromatic nitrogens is 1. The molecule has 0 bridgehead atoms. The van der Waals surface area contributed by atoms with Crippen LogP contribution in [-0.4, -0.2) is 35.1 Å². The zero-order valence-corrected chi connectivity index (χ0v) is 12.2. The summed E-state index contributed by atoms with van der Waals surface area (Å²) in [7, 11) is 0. The van der Waals surface area contributed by atoms with Crippen LogP contribution in [0.25, 0.3) is 0 Å². The van der Waals surface area contributed by atoms with Crippen molar-refractivity contribution in [3.63, 3.8) is 0 Å². The summed E-state index contributed by atoms with van der Waals surface area (Å²) in [5.74, 6) is 3.33. The van der Waals surface area contributed by atoms with Gasteiger partial charge >= 0.3 is 0 Å². The molecule has 106 valence electrons. The summed E-state index contributed by atoms with van der Waals surface area (Å²) in [4.78, 5) is 6.93. The number of aryl methyl sites for hydroxylation is 1. The predicted octanol–water partition coefficient (Wildman–Crippen LogP) is 2.19. The Hall–Kier alpha value is -0.870. The van der Waals surface area contributed by atoms with E-state index in [0.29, 0.717) is 18.0 Å². The van der Waals surface area contributed by atoms with Crippen LogP contribution in [0.1, 0.15) is 38.3 Å². The Morgan fingerprint density at radius 3 is 2.84 bits per heavy atom. The number of hydrogen-bond donors (Lipinski definition) is 1. The lowest BCUT2D eigenvalue weighted by Crippen LogP contribution is -2.58. The third kappa shape index (κ3) is 3.00. The minimum absolute atomic E-state index is 0.585. The van der Waals surface area contributed by atoms with Crippen LogP contribution in [0.15, 0.2) is 10.6 Å². The van der Waals surface area contributed by atoms with Crippen LogP contribution in [0.5, 0.6) is 0 Å². The zero-order valence-electron chi connectivity index (χ0n) is 12.2. The van der Waals surface area contributed by atoms with Crippen molar-refractivity contribution in [2.45, 2.75) is 52.2 Å². The van der Waals surface area contributed by atoms with Crippen LogP contribution >= 0.6 is 0 Å². The molecule has 1 aromatic rings. The normalized spacial score (nSPS) is 29.1. The van der Waals surface area contributed by atoms with Gasteiger partial charge < -0.3 is 9.73 Å². The Morgan fingerprint density at radius 1 is 1.47 bits per heavy atom. The molecule has 2 fully saturated rings. The first kappa shape index (κ1) is 13.1. The number of oxazole rings is 1. The Balaban J connectivity index is 1.69. The van der Waals surface area contributed by atoms with Crippen LogP contribution in [-0.2, 0) is 6.54 Å². The maximum absolute atomic E-state index is 5.65. The Bertz CT molecular complexity index is 425. The molecule has 4 nitrogen and oxygen atoms in total. The van der Waals surface area contributed by atoms with Crippen LogP contribution in [0, 0.1) is 18.8 Å². The first-order chi connectivity index (χ1) is 9.13. The first-order valence-electron chi connectivity index (χ1n) is 7.52. The van der Waals surface area contributed by atoms with E-state index in [1.165, 1.54) is 12.8 Å². The molecule has 2 atom stereocenters. The average molecular weight is 263 g/mol. The fourth-order valence-corrected chi connectivity index (χ4v) is 3.16. The molecule has 1 saturated carbocycles. The van der Waals surface area contributed by atoms with Crippen LogP contribution in [0.3, 0.4) is 0 Å². The van der Waals surface area contributed by atoms with E-state index in [4.69, 9.17) is 4.42 Å². The lowest BCUT2D eigenvalue weighted by Gasteiger charge is -2.42. The molecule has 1 aliphatic heterocycles. The van der Waals surface area contributed by atoms with Crippen molar-refractivity contribution in [3.8, 4) is 0 Å². The molecule has 2 aliphatic rings. The van der Waals surface area contributed by atoms with Crippen molar-refractivity contribution in [2.75, 3.05) is 13.1 Å². The molecule has 0 aromatic carbocycles. The molecular formula is C15H25N3O. The average Bonchev–Trinajstić information content (AvgIpc) is 3.14. The second-order valence-corrected chi connectivity index (χ2v) is 6.46. The highest BCUT2D eigenvalue weighted by Gasteiger charge is 2.38. The summed E-state index contributed by atoms with van der Waals surface area (Å²) in [6, 6.07) is 1.26. The third-order valence-electron chi connectivity index (χ3n) is 4.46. The Kier molecular flexibility index (Phi) is 3.63. The summed E-state index contributed by atoms with van der Waals surface area (Å²) < 4.78 is 5.65. The molecule has 3 rings (SSSR count). The van der Waals surface area contributed by atoms with Gasteiger partial charge in [0, 0.05) is 25.2 Å². The van der Waals surface area contributed by atoms with Gasteiger partial charge in [-0.3, -0.25) is 4.90 Å². The quantitative estimate of drug-likeness (QED) is 0.904. The van der Waals surface area contributed by atoms with Gasteiger partial charge in [-0.25, -0.2) is 4.98 Å². The largest absolute Gasteiger partial charge is 0.445 e. The van der Waals surface area contributed by atoms with E-state index in [1.807, 2.05) is 13.1 Å². The van der Waals surface area contributed by atoms with E-state index in [1.54, 1.807) is 0 Å². The summed E-state index contributed by atoms with van der Waals surface area (Å²) in [5.41, 5.74) is 0. The Labute approximate surface area is 115 Å². The highest BCUT2D eigenvalue weighted by atomic mass is 16.4. The number of piperazine rings is 1. The Morgan fingerprint density at radius 2 is 2.26 bits per heavy atom. The van der Waals surface area contributed by atoms with Crippen LogP contribution in [0.2, 0.25) is 0 Å². The van der Waals surface area contributed by atoms with Gasteiger partial charge in [0.05, 0.1) is 12.7 Å². The number of nitrogens with zero attached hydrogens (tertiary/aromatic N) is 2. The molecule has 1 aliphatic carbocycles. The van der Waals surface area contributed by atoms with Gasteiger partial charge in [0.25, 0.3) is 0 Å². The van der Waals surface area contributed by atoms with Gasteiger partial charge in [-0.15, -0.1) is 0 Å². The molecule has 0 spiro atoms. The first-order valence-corrected chi connectivity index (χ1v) is 7.52. The minimum atomic E-state index is 0.585. The molecule has 0 radical (unpaired) electrons. The maximum Gasteiger partial charge on any atom is 0.208 e. The summed E-state index contributed by atoms with van der Waals surface area (Å²) in [6.07, 6.45) is 4.62. The minimum Gasteiger partial charge on any atom is -0.445 e. The predicted molar refractivity (Wildman–Crippen MR) is 74.8 cm³/mol. The van der Waals surface area contributed by atoms with E-state index in [9.17, 15) is 0 Å². The molecule has 2 heterocycles. The highest BCUT2D eigenvalue weighted by Crippen LogP contribution is 2.35. The van der Waals surface area contributed by atoms with Gasteiger partial charge in [-0.05, 0) is 31.6 Å². The molecule has 1 aromatic heterocycles. The second-order valence-electron chi connectivity index (χ2n) is 6.46. The van der Waals surface area contributed by atoms with Crippen molar-refractivity contribution in [2.24, 2.45) is 11.8 Å². The van der Waals surface area contributed by atoms with Crippen LogP contribution in [0.4, 0.5) is 0 Å². The number of nitrogens with one attached hydrogen (secondary N) is 1. The summed E-state index contributed by atoms with van der Waals surface area (Å²) >= 11 is 0. The van der Waals surface area contributed by atoms with Crippen molar-refractivity contribution >= 4 is 0 Å². The highest BCUT2D eigenvalue weighted by molar-refractivity contribution is 4.97. The molecule has 4 heteroatoms. The van der Waals surface area contributed by atoms with E-state index >= 15 is 0 Å². The van der Waals surface area contributed by atoms with Gasteiger partial charge in [0.2, 0.25) is 5.89 Å². The van der Waals surface area contributed by atoms with E-state index in [-0.39, 0.29) is 0 Å². The summed E-state index contributed by atoms with van der Waals surface area (Å²) in [5, 5.41) is 3.74. The van der Waals surface area contributed by atoms with E-state index < -0.39 is 0 Å². The fourth-order valence-electron chi connectivity index (χ4n) is 3.16. The van der Waals surface area contributed by atoms with E-state index in [0.717, 1.165) is 37.2 Å². The van der Waals surface area contributed by atoms with Gasteiger partial charge in [-0.2, -0.15) is 0 Å². The van der Waals surface area contributed by atoms with Crippen molar-refractivity contribution in [3.05, 3.63) is 17.8 Å². The topological polar surface area (TPSA) is 41.3 Å². The molecule has 1 saturated heterocycles. The molecule has 1 N–H and O–H groups in total. The van der Waals surface area contributed by atoms with Crippen molar-refractivity contribution < 1.29 is 4.42 Å². The molecule has 2 unspecified atom stereocenters. The fraction of sp³-hybridized carbons (Fsp3) is 0.800. The lowest BCUT2D eigenvalue weighted by molar-refractivity contribution is 0.0766.